The van der Waals surface area contributed by atoms with Gasteiger partial charge in [-0.05, 0) is 25.0 Å². The minimum Gasteiger partial charge on any atom is -0.338 e. The maximum atomic E-state index is 12.9. The predicted octanol–water partition coefficient (Wildman–Crippen LogP) is 3.04. The molecule has 120 valence electrons. The lowest BCUT2D eigenvalue weighted by atomic mass is 9.94. The second-order valence-corrected chi connectivity index (χ2v) is 6.14. The van der Waals surface area contributed by atoms with Crippen molar-refractivity contribution in [3.8, 4) is 0 Å². The molecule has 2 aromatic heterocycles. The zero-order valence-corrected chi connectivity index (χ0v) is 13.3. The molecule has 0 saturated carbocycles. The molecule has 4 rings (SSSR count). The Morgan fingerprint density at radius 1 is 1.12 bits per heavy atom. The number of fused-ring (bicyclic) bond motifs is 1. The van der Waals surface area contributed by atoms with Crippen molar-refractivity contribution in [3.63, 3.8) is 0 Å². The minimum atomic E-state index is 0.0434. The Morgan fingerprint density at radius 2 is 2.04 bits per heavy atom. The van der Waals surface area contributed by atoms with E-state index in [0.717, 1.165) is 36.0 Å². The number of nitrogens with zero attached hydrogens (tertiary/aromatic N) is 4. The van der Waals surface area contributed by atoms with Crippen molar-refractivity contribution >= 4 is 16.8 Å². The van der Waals surface area contributed by atoms with E-state index in [1.165, 1.54) is 0 Å². The van der Waals surface area contributed by atoms with Gasteiger partial charge in [0.25, 0.3) is 5.91 Å². The zero-order chi connectivity index (χ0) is 16.4. The van der Waals surface area contributed by atoms with Gasteiger partial charge in [-0.25, -0.2) is 0 Å². The molecule has 1 fully saturated rings. The van der Waals surface area contributed by atoms with E-state index >= 15 is 0 Å². The predicted molar refractivity (Wildman–Crippen MR) is 91.7 cm³/mol. The molecule has 0 unspecified atom stereocenters. The first-order valence-corrected chi connectivity index (χ1v) is 8.21. The molecule has 24 heavy (non-hydrogen) atoms. The van der Waals surface area contributed by atoms with Gasteiger partial charge >= 0.3 is 0 Å². The summed E-state index contributed by atoms with van der Waals surface area (Å²) in [7, 11) is 0. The van der Waals surface area contributed by atoms with Gasteiger partial charge in [0.2, 0.25) is 0 Å². The molecule has 3 heterocycles. The second-order valence-electron chi connectivity index (χ2n) is 6.14. The van der Waals surface area contributed by atoms with E-state index in [9.17, 15) is 4.79 Å². The summed E-state index contributed by atoms with van der Waals surface area (Å²) in [5.41, 5.74) is 2.52. The lowest BCUT2D eigenvalue weighted by Crippen LogP contribution is -2.39. The summed E-state index contributed by atoms with van der Waals surface area (Å²) in [5, 5.41) is 0.992. The van der Waals surface area contributed by atoms with E-state index < -0.39 is 0 Å². The van der Waals surface area contributed by atoms with Gasteiger partial charge in [0.1, 0.15) is 0 Å². The van der Waals surface area contributed by atoms with Gasteiger partial charge in [-0.1, -0.05) is 18.2 Å². The number of hydrogen-bond acceptors (Lipinski definition) is 4. The quantitative estimate of drug-likeness (QED) is 0.728. The maximum absolute atomic E-state index is 12.9. The maximum Gasteiger partial charge on any atom is 0.255 e. The van der Waals surface area contributed by atoms with Crippen molar-refractivity contribution in [1.29, 1.82) is 0 Å². The molecule has 1 aliphatic heterocycles. The molecule has 0 aliphatic carbocycles. The van der Waals surface area contributed by atoms with Crippen LogP contribution in [0.2, 0.25) is 0 Å². The van der Waals surface area contributed by atoms with Crippen LogP contribution in [0.15, 0.2) is 55.1 Å². The molecule has 0 spiro atoms. The SMILES string of the molecule is O=C(c1cnc2ccccc2c1)N1CCC[C@H](c2cnccn2)C1. The largest absolute Gasteiger partial charge is 0.338 e. The number of likely N-dealkylation sites (tertiary alicyclic amines) is 1. The van der Waals surface area contributed by atoms with E-state index in [4.69, 9.17) is 0 Å². The molecule has 0 bridgehead atoms. The molecule has 5 nitrogen and oxygen atoms in total. The van der Waals surface area contributed by atoms with Crippen molar-refractivity contribution in [2.75, 3.05) is 13.1 Å². The molecule has 0 N–H and O–H groups in total. The number of carbonyl (C=O) groups excluding carboxylic acids is 1. The van der Waals surface area contributed by atoms with Crippen LogP contribution in [0.5, 0.6) is 0 Å². The van der Waals surface area contributed by atoms with Crippen molar-refractivity contribution in [1.82, 2.24) is 19.9 Å². The normalized spacial score (nSPS) is 17.8. The summed E-state index contributed by atoms with van der Waals surface area (Å²) in [6.45, 7) is 1.47. The van der Waals surface area contributed by atoms with Gasteiger partial charge in [0.15, 0.2) is 0 Å². The summed E-state index contributed by atoms with van der Waals surface area (Å²) < 4.78 is 0. The highest BCUT2D eigenvalue weighted by Crippen LogP contribution is 2.26. The molecule has 1 aliphatic rings. The van der Waals surface area contributed by atoms with Crippen molar-refractivity contribution in [2.24, 2.45) is 0 Å². The fourth-order valence-corrected chi connectivity index (χ4v) is 3.30. The van der Waals surface area contributed by atoms with Crippen LogP contribution in [-0.4, -0.2) is 38.8 Å². The topological polar surface area (TPSA) is 59.0 Å². The summed E-state index contributed by atoms with van der Waals surface area (Å²) in [4.78, 5) is 27.7. The smallest absolute Gasteiger partial charge is 0.255 e. The Bertz CT molecular complexity index is 865. The Kier molecular flexibility index (Phi) is 3.91. The Morgan fingerprint density at radius 3 is 2.92 bits per heavy atom. The highest BCUT2D eigenvalue weighted by Gasteiger charge is 2.26. The van der Waals surface area contributed by atoms with Crippen LogP contribution in [0.4, 0.5) is 0 Å². The second kappa shape index (κ2) is 6.35. The van der Waals surface area contributed by atoms with Crippen molar-refractivity contribution in [3.05, 3.63) is 66.4 Å². The molecule has 0 radical (unpaired) electrons. The Labute approximate surface area is 140 Å². The standard InChI is InChI=1S/C19H18N4O/c24-19(16-10-14-4-1-2-6-17(14)22-11-16)23-9-3-5-15(13-23)18-12-20-7-8-21-18/h1-2,4,6-8,10-12,15H,3,5,9,13H2/t15-/m0/s1. The van der Waals surface area contributed by atoms with Crippen LogP contribution in [0.3, 0.4) is 0 Å². The highest BCUT2D eigenvalue weighted by atomic mass is 16.2. The monoisotopic (exact) mass is 318 g/mol. The summed E-state index contributed by atoms with van der Waals surface area (Å²) in [5.74, 6) is 0.298. The number of carbonyl (C=O) groups is 1. The van der Waals surface area contributed by atoms with Crippen molar-refractivity contribution < 1.29 is 4.79 Å². The highest BCUT2D eigenvalue weighted by molar-refractivity contribution is 5.97. The van der Waals surface area contributed by atoms with Crippen LogP contribution >= 0.6 is 0 Å². The van der Waals surface area contributed by atoms with Crippen LogP contribution < -0.4 is 0 Å². The van der Waals surface area contributed by atoms with Crippen LogP contribution in [-0.2, 0) is 0 Å². The molecule has 1 saturated heterocycles. The molecular weight excluding hydrogens is 300 g/mol. The number of rotatable bonds is 2. The van der Waals surface area contributed by atoms with Gasteiger partial charge in [0.05, 0.1) is 16.8 Å². The lowest BCUT2D eigenvalue weighted by Gasteiger charge is -2.32. The van der Waals surface area contributed by atoms with Gasteiger partial charge in [0, 0.05) is 49.2 Å². The number of benzene rings is 1. The van der Waals surface area contributed by atoms with Gasteiger partial charge in [-0.3, -0.25) is 19.7 Å². The molecule has 1 aromatic carbocycles. The summed E-state index contributed by atoms with van der Waals surface area (Å²) in [6, 6.07) is 9.78. The summed E-state index contributed by atoms with van der Waals surface area (Å²) >= 11 is 0. The Hall–Kier alpha value is -2.82. The fraction of sp³-hybridized carbons (Fsp3) is 0.263. The first-order valence-electron chi connectivity index (χ1n) is 8.21. The number of amides is 1. The molecule has 3 aromatic rings. The number of para-hydroxylation sites is 1. The first-order chi connectivity index (χ1) is 11.8. The third-order valence-electron chi connectivity index (χ3n) is 4.55. The fourth-order valence-electron chi connectivity index (χ4n) is 3.30. The van der Waals surface area contributed by atoms with Gasteiger partial charge < -0.3 is 4.90 Å². The lowest BCUT2D eigenvalue weighted by molar-refractivity contribution is 0.0705. The van der Waals surface area contributed by atoms with Crippen molar-refractivity contribution in [2.45, 2.75) is 18.8 Å². The number of aromatic nitrogens is 3. The number of piperidine rings is 1. The van der Waals surface area contributed by atoms with E-state index in [0.29, 0.717) is 12.1 Å². The zero-order valence-electron chi connectivity index (χ0n) is 13.3. The van der Waals surface area contributed by atoms with Crippen LogP contribution in [0.1, 0.15) is 34.8 Å². The summed E-state index contributed by atoms with van der Waals surface area (Å²) in [6.07, 6.45) is 8.89. The average Bonchev–Trinajstić information content (AvgIpc) is 2.68. The molecule has 1 amide bonds. The van der Waals surface area contributed by atoms with E-state index in [1.807, 2.05) is 35.2 Å². The van der Waals surface area contributed by atoms with Gasteiger partial charge in [-0.15, -0.1) is 0 Å². The molecule has 5 heteroatoms. The minimum absolute atomic E-state index is 0.0434. The third-order valence-corrected chi connectivity index (χ3v) is 4.55. The van der Waals surface area contributed by atoms with Crippen LogP contribution in [0, 0.1) is 0 Å². The number of pyridine rings is 1. The van der Waals surface area contributed by atoms with E-state index in [1.54, 1.807) is 24.8 Å². The van der Waals surface area contributed by atoms with Gasteiger partial charge in [-0.2, -0.15) is 0 Å². The Balaban J connectivity index is 1.56. The van der Waals surface area contributed by atoms with Crippen LogP contribution in [0.25, 0.3) is 10.9 Å². The average molecular weight is 318 g/mol. The van der Waals surface area contributed by atoms with E-state index in [-0.39, 0.29) is 11.8 Å². The first kappa shape index (κ1) is 14.8. The third kappa shape index (κ3) is 2.85. The molecular formula is C19H18N4O. The van der Waals surface area contributed by atoms with E-state index in [2.05, 4.69) is 15.0 Å². The molecule has 1 atom stereocenters. The number of hydrogen-bond donors (Lipinski definition) is 0.